The van der Waals surface area contributed by atoms with E-state index < -0.39 is 18.1 Å². The van der Waals surface area contributed by atoms with E-state index >= 15 is 0 Å². The Morgan fingerprint density at radius 3 is 2.69 bits per heavy atom. The van der Waals surface area contributed by atoms with Gasteiger partial charge in [-0.25, -0.2) is 15.1 Å². The molecule has 1 aliphatic heterocycles. The molecule has 232 valence electrons. The summed E-state index contributed by atoms with van der Waals surface area (Å²) in [6.45, 7) is 11.2. The molecule has 5 rings (SSSR count). The molecule has 12 nitrogen and oxygen atoms in total. The van der Waals surface area contributed by atoms with E-state index in [-0.39, 0.29) is 66.0 Å². The second-order valence-corrected chi connectivity index (χ2v) is 13.4. The van der Waals surface area contributed by atoms with Gasteiger partial charge in [-0.15, -0.1) is 0 Å². The predicted octanol–water partition coefficient (Wildman–Crippen LogP) is 3.46. The molecule has 4 fully saturated rings. The van der Waals surface area contributed by atoms with Gasteiger partial charge in [-0.1, -0.05) is 33.1 Å². The van der Waals surface area contributed by atoms with E-state index in [0.29, 0.717) is 37.5 Å². The quantitative estimate of drug-likeness (QED) is 0.0694. The molecule has 0 unspecified atom stereocenters. The van der Waals surface area contributed by atoms with Crippen molar-refractivity contribution in [1.82, 2.24) is 10.7 Å². The van der Waals surface area contributed by atoms with Gasteiger partial charge >= 0.3 is 7.12 Å². The number of carbonyl (C=O) groups excluding carboxylic acids is 2. The van der Waals surface area contributed by atoms with E-state index in [4.69, 9.17) is 19.5 Å². The Kier molecular flexibility index (Phi) is 10.0. The number of hydrazine groups is 1. The number of nitro groups is 1. The summed E-state index contributed by atoms with van der Waals surface area (Å²) in [6, 6.07) is 3.60. The molecule has 1 amide bonds. The zero-order valence-corrected chi connectivity index (χ0v) is 25.5. The fourth-order valence-corrected chi connectivity index (χ4v) is 7.20. The third-order valence-electron chi connectivity index (χ3n) is 9.62. The molecular formula is C29H46BN5O7. The lowest BCUT2D eigenvalue weighted by Crippen LogP contribution is -2.65. The van der Waals surface area contributed by atoms with Gasteiger partial charge in [0.25, 0.3) is 5.96 Å². The molecule has 0 radical (unpaired) electrons. The maximum absolute atomic E-state index is 13.7. The summed E-state index contributed by atoms with van der Waals surface area (Å²) in [7, 11) is -0.561. The van der Waals surface area contributed by atoms with Gasteiger partial charge in [0.1, 0.15) is 11.5 Å². The zero-order chi connectivity index (χ0) is 30.7. The van der Waals surface area contributed by atoms with Crippen molar-refractivity contribution in [1.29, 1.82) is 0 Å². The van der Waals surface area contributed by atoms with E-state index in [1.165, 1.54) is 0 Å². The van der Waals surface area contributed by atoms with E-state index in [1.807, 2.05) is 6.07 Å². The van der Waals surface area contributed by atoms with Gasteiger partial charge in [0.05, 0.1) is 23.9 Å². The molecule has 1 saturated heterocycles. The van der Waals surface area contributed by atoms with Crippen LogP contribution in [0.1, 0.15) is 85.3 Å². The van der Waals surface area contributed by atoms with Gasteiger partial charge in [-0.2, -0.15) is 0 Å². The first-order chi connectivity index (χ1) is 19.8. The van der Waals surface area contributed by atoms with Crippen molar-refractivity contribution in [2.75, 3.05) is 6.54 Å². The summed E-state index contributed by atoms with van der Waals surface area (Å²) in [5.41, 5.74) is 7.15. The normalized spacial score (nSPS) is 27.6. The maximum Gasteiger partial charge on any atom is 0.481 e. The van der Waals surface area contributed by atoms with Crippen LogP contribution in [0.2, 0.25) is 0 Å². The molecule has 6 atom stereocenters. The molecule has 0 spiro atoms. The van der Waals surface area contributed by atoms with Crippen LogP contribution >= 0.6 is 0 Å². The van der Waals surface area contributed by atoms with Gasteiger partial charge in [0, 0.05) is 31.7 Å². The van der Waals surface area contributed by atoms with E-state index in [9.17, 15) is 19.7 Å². The van der Waals surface area contributed by atoms with Crippen molar-refractivity contribution in [2.45, 2.75) is 104 Å². The number of nitrogens with two attached hydrogens (primary N) is 1. The molecule has 1 aromatic rings. The second-order valence-electron chi connectivity index (χ2n) is 13.4. The summed E-state index contributed by atoms with van der Waals surface area (Å²) >= 11 is 0. The molecule has 3 saturated carbocycles. The van der Waals surface area contributed by atoms with Crippen molar-refractivity contribution in [3.05, 3.63) is 34.3 Å². The third kappa shape index (κ3) is 7.34. The predicted molar refractivity (Wildman–Crippen MR) is 157 cm³/mol. The van der Waals surface area contributed by atoms with Crippen molar-refractivity contribution in [3.63, 3.8) is 0 Å². The highest BCUT2D eigenvalue weighted by molar-refractivity contribution is 6.47. The largest absolute Gasteiger partial charge is 0.481 e. The molecular weight excluding hydrogens is 541 g/mol. The first kappa shape index (κ1) is 32.0. The van der Waals surface area contributed by atoms with Crippen molar-refractivity contribution in [2.24, 2.45) is 39.8 Å². The van der Waals surface area contributed by atoms with Gasteiger partial charge in [-0.05, 0) is 74.3 Å². The second kappa shape index (κ2) is 13.2. The van der Waals surface area contributed by atoms with E-state index in [0.717, 1.165) is 18.6 Å². The number of nitrogens with one attached hydrogen (secondary N) is 2. The minimum atomic E-state index is -0.782. The molecule has 3 aliphatic carbocycles. The Morgan fingerprint density at radius 2 is 2.05 bits per heavy atom. The summed E-state index contributed by atoms with van der Waals surface area (Å²) in [4.78, 5) is 41.2. The third-order valence-corrected chi connectivity index (χ3v) is 9.62. The van der Waals surface area contributed by atoms with Crippen molar-refractivity contribution in [3.8, 4) is 0 Å². The zero-order valence-electron chi connectivity index (χ0n) is 25.5. The van der Waals surface area contributed by atoms with Gasteiger partial charge in [0.15, 0.2) is 5.03 Å². The monoisotopic (exact) mass is 587 g/mol. The fraction of sp³-hybridized carbons (Fsp3) is 0.759. The molecule has 1 aromatic heterocycles. The van der Waals surface area contributed by atoms with Crippen molar-refractivity contribution < 1.29 is 28.3 Å². The number of amides is 1. The van der Waals surface area contributed by atoms with Gasteiger partial charge in [0.2, 0.25) is 5.91 Å². The number of aryl methyl sites for hydroxylation is 1. The highest BCUT2D eigenvalue weighted by atomic mass is 16.7. The standard InChI is InChI=1S/C29H46BN5O7/c1-18(2)14-25(30-41-24-17-20-16-23(28(20,3)4)29(24,5)42-30)33-26(37)19(8-6-12-32-27(31)34-35(38)39)15-21(36)10-11-22-9-7-13-40-22/h7,9,13,18-20,23-25H,6,8,10-12,14-17H2,1-5H3,(H,33,37)(H3,31,32,34)/t19-,20-,23-,24-,25+,29+/m1/s1. The van der Waals surface area contributed by atoms with Crippen LogP contribution in [0.15, 0.2) is 27.8 Å². The van der Waals surface area contributed by atoms with Gasteiger partial charge < -0.3 is 24.8 Å². The number of Topliss-reactive ketones (excluding diaryl/α,β-unsaturated/α-hetero) is 1. The lowest BCUT2D eigenvalue weighted by molar-refractivity contribution is -0.525. The topological polar surface area (TPSA) is 171 Å². The van der Waals surface area contributed by atoms with Crippen LogP contribution in [0.3, 0.4) is 0 Å². The van der Waals surface area contributed by atoms with Crippen LogP contribution in [-0.4, -0.2) is 54.0 Å². The minimum absolute atomic E-state index is 0.000843. The molecule has 4 N–H and O–H groups in total. The molecule has 13 heteroatoms. The van der Waals surface area contributed by atoms with Crippen molar-refractivity contribution >= 4 is 24.8 Å². The number of rotatable bonds is 15. The van der Waals surface area contributed by atoms with Crippen LogP contribution in [0.4, 0.5) is 0 Å². The Balaban J connectivity index is 1.42. The van der Waals surface area contributed by atoms with Crippen LogP contribution in [0, 0.1) is 39.2 Å². The number of hydrogen-bond acceptors (Lipinski definition) is 8. The number of ketones is 1. The van der Waals surface area contributed by atoms with Crippen LogP contribution in [0.25, 0.3) is 0 Å². The van der Waals surface area contributed by atoms with E-state index in [2.05, 4.69) is 44.9 Å². The van der Waals surface area contributed by atoms with E-state index in [1.54, 1.807) is 17.8 Å². The molecule has 2 heterocycles. The smallest absolute Gasteiger partial charge is 0.469 e. The first-order valence-electron chi connectivity index (χ1n) is 15.2. The lowest BCUT2D eigenvalue weighted by atomic mass is 9.43. The Labute approximate surface area is 248 Å². The summed E-state index contributed by atoms with van der Waals surface area (Å²) in [6.07, 6.45) is 5.93. The molecule has 4 aliphatic rings. The Bertz CT molecular complexity index is 1140. The molecule has 2 bridgehead atoms. The van der Waals surface area contributed by atoms with Crippen LogP contribution in [0.5, 0.6) is 0 Å². The summed E-state index contributed by atoms with van der Waals surface area (Å²) < 4.78 is 18.6. The Hall–Kier alpha value is -2.93. The maximum atomic E-state index is 13.7. The molecule has 0 aromatic carbocycles. The molecule has 42 heavy (non-hydrogen) atoms. The average Bonchev–Trinajstić information content (AvgIpc) is 3.55. The summed E-state index contributed by atoms with van der Waals surface area (Å²) in [5, 5.41) is 13.0. The number of hydrogen-bond donors (Lipinski definition) is 3. The highest BCUT2D eigenvalue weighted by Crippen LogP contribution is 2.65. The van der Waals surface area contributed by atoms with Gasteiger partial charge in [-0.3, -0.25) is 9.59 Å². The number of nitrogens with zero attached hydrogens (tertiary/aromatic N) is 2. The number of guanidine groups is 1. The number of carbonyl (C=O) groups is 2. The number of furan rings is 1. The SMILES string of the molecule is CC(C)C[C@H](NC(=O)[C@H](CCCN=C(N)N[N+](=O)[O-])CC(=O)CCc1ccco1)B1O[C@@H]2C[C@H]3C[C@H](C3(C)C)[C@]2(C)O1. The Morgan fingerprint density at radius 1 is 1.29 bits per heavy atom. The minimum Gasteiger partial charge on any atom is -0.469 e. The highest BCUT2D eigenvalue weighted by Gasteiger charge is 2.68. The summed E-state index contributed by atoms with van der Waals surface area (Å²) in [5.74, 6) is 0.482. The average molecular weight is 588 g/mol. The number of aliphatic imine (C=N–C) groups is 1. The van der Waals surface area contributed by atoms with Crippen LogP contribution in [-0.2, 0) is 25.3 Å². The first-order valence-corrected chi connectivity index (χ1v) is 15.2. The fourth-order valence-electron chi connectivity index (χ4n) is 7.20. The van der Waals surface area contributed by atoms with Crippen LogP contribution < -0.4 is 16.5 Å². The lowest BCUT2D eigenvalue weighted by Gasteiger charge is -2.64.